The van der Waals surface area contributed by atoms with Crippen LogP contribution < -0.4 is 4.72 Å². The Labute approximate surface area is 131 Å². The van der Waals surface area contributed by atoms with Gasteiger partial charge in [0.25, 0.3) is 5.91 Å². The van der Waals surface area contributed by atoms with Gasteiger partial charge in [-0.3, -0.25) is 9.63 Å². The van der Waals surface area contributed by atoms with Crippen molar-refractivity contribution in [3.8, 4) is 0 Å². The normalized spacial score (nSPS) is 21.8. The number of hydroxylamine groups is 2. The number of hydrogen-bond acceptors (Lipinski definition) is 4. The van der Waals surface area contributed by atoms with E-state index in [0.717, 1.165) is 17.0 Å². The molecule has 0 saturated heterocycles. The van der Waals surface area contributed by atoms with Gasteiger partial charge in [-0.2, -0.15) is 0 Å². The molecule has 1 aromatic rings. The fraction of sp³-hybridized carbons (Fsp3) is 0.533. The van der Waals surface area contributed by atoms with Crippen LogP contribution in [0.4, 0.5) is 0 Å². The monoisotopic (exact) mass is 326 g/mol. The van der Waals surface area contributed by atoms with Crippen LogP contribution in [0.25, 0.3) is 0 Å². The number of nitrogens with one attached hydrogen (secondary N) is 1. The molecule has 1 aromatic carbocycles. The van der Waals surface area contributed by atoms with E-state index in [-0.39, 0.29) is 16.7 Å². The van der Waals surface area contributed by atoms with E-state index < -0.39 is 16.1 Å². The molecule has 7 heteroatoms. The first-order chi connectivity index (χ1) is 10.3. The highest BCUT2D eigenvalue weighted by molar-refractivity contribution is 7.89. The number of benzene rings is 1. The highest BCUT2D eigenvalue weighted by atomic mass is 32.2. The Morgan fingerprint density at radius 1 is 1.27 bits per heavy atom. The summed E-state index contributed by atoms with van der Waals surface area (Å²) in [4.78, 5) is 17.3. The SMILES string of the molecule is CON(C)C(=O)[C@@H]1CCC[C@@H]1NS(=O)(=O)c1ccc(C)cc1. The fourth-order valence-electron chi connectivity index (χ4n) is 2.70. The van der Waals surface area contributed by atoms with Crippen molar-refractivity contribution in [2.45, 2.75) is 37.1 Å². The first-order valence-electron chi connectivity index (χ1n) is 7.26. The van der Waals surface area contributed by atoms with Crippen LogP contribution in [0, 0.1) is 12.8 Å². The molecular formula is C15H22N2O4S. The van der Waals surface area contributed by atoms with Gasteiger partial charge < -0.3 is 0 Å². The molecule has 0 heterocycles. The summed E-state index contributed by atoms with van der Waals surface area (Å²) in [6, 6.07) is 6.27. The van der Waals surface area contributed by atoms with E-state index in [1.54, 1.807) is 24.3 Å². The number of aryl methyl sites for hydroxylation is 1. The average molecular weight is 326 g/mol. The Hall–Kier alpha value is -1.44. The maximum atomic E-state index is 12.4. The second-order valence-electron chi connectivity index (χ2n) is 5.60. The van der Waals surface area contributed by atoms with E-state index in [4.69, 9.17) is 4.84 Å². The van der Waals surface area contributed by atoms with Gasteiger partial charge in [-0.15, -0.1) is 0 Å². The van der Waals surface area contributed by atoms with E-state index in [9.17, 15) is 13.2 Å². The Morgan fingerprint density at radius 3 is 2.50 bits per heavy atom. The van der Waals surface area contributed by atoms with Gasteiger partial charge in [-0.1, -0.05) is 24.1 Å². The number of rotatable bonds is 5. The molecule has 2 rings (SSSR count). The Balaban J connectivity index is 2.14. The summed E-state index contributed by atoms with van der Waals surface area (Å²) in [6.45, 7) is 1.90. The molecule has 1 aliphatic carbocycles. The molecule has 6 nitrogen and oxygen atoms in total. The Morgan fingerprint density at radius 2 is 1.91 bits per heavy atom. The summed E-state index contributed by atoms with van der Waals surface area (Å²) in [7, 11) is -0.672. The lowest BCUT2D eigenvalue weighted by Crippen LogP contribution is -2.44. The fourth-order valence-corrected chi connectivity index (χ4v) is 4.02. The largest absolute Gasteiger partial charge is 0.275 e. The van der Waals surface area contributed by atoms with E-state index in [0.29, 0.717) is 12.8 Å². The zero-order valence-corrected chi connectivity index (χ0v) is 13.9. The second-order valence-corrected chi connectivity index (χ2v) is 7.31. The van der Waals surface area contributed by atoms with Crippen molar-refractivity contribution in [3.63, 3.8) is 0 Å². The molecule has 0 bridgehead atoms. The summed E-state index contributed by atoms with van der Waals surface area (Å²) < 4.78 is 27.5. The van der Waals surface area contributed by atoms with Gasteiger partial charge in [-0.25, -0.2) is 18.2 Å². The van der Waals surface area contributed by atoms with Crippen LogP contribution in [0.2, 0.25) is 0 Å². The summed E-state index contributed by atoms with van der Waals surface area (Å²) in [6.07, 6.45) is 2.13. The van der Waals surface area contributed by atoms with E-state index in [2.05, 4.69) is 4.72 Å². The molecular weight excluding hydrogens is 304 g/mol. The molecule has 0 radical (unpaired) electrons. The van der Waals surface area contributed by atoms with E-state index in [1.165, 1.54) is 14.2 Å². The zero-order valence-electron chi connectivity index (χ0n) is 13.1. The minimum Gasteiger partial charge on any atom is -0.275 e. The number of carbonyl (C=O) groups excluding carboxylic acids is 1. The van der Waals surface area contributed by atoms with Gasteiger partial charge in [-0.05, 0) is 31.9 Å². The number of sulfonamides is 1. The number of hydrogen-bond donors (Lipinski definition) is 1. The van der Waals surface area contributed by atoms with Crippen LogP contribution in [0.3, 0.4) is 0 Å². The lowest BCUT2D eigenvalue weighted by molar-refractivity contribution is -0.173. The summed E-state index contributed by atoms with van der Waals surface area (Å²) in [5, 5.41) is 1.16. The van der Waals surface area contributed by atoms with E-state index >= 15 is 0 Å². The van der Waals surface area contributed by atoms with Crippen LogP contribution >= 0.6 is 0 Å². The number of nitrogens with zero attached hydrogens (tertiary/aromatic N) is 1. The maximum Gasteiger partial charge on any atom is 0.250 e. The van der Waals surface area contributed by atoms with Gasteiger partial charge in [0.1, 0.15) is 0 Å². The molecule has 122 valence electrons. The van der Waals surface area contributed by atoms with Gasteiger partial charge in [0.2, 0.25) is 10.0 Å². The van der Waals surface area contributed by atoms with Crippen LogP contribution in [0.1, 0.15) is 24.8 Å². The smallest absolute Gasteiger partial charge is 0.250 e. The van der Waals surface area contributed by atoms with Crippen molar-refractivity contribution in [2.75, 3.05) is 14.2 Å². The van der Waals surface area contributed by atoms with Gasteiger partial charge in [0.05, 0.1) is 17.9 Å². The van der Waals surface area contributed by atoms with Crippen molar-refractivity contribution in [3.05, 3.63) is 29.8 Å². The van der Waals surface area contributed by atoms with Crippen LogP contribution in [-0.2, 0) is 19.7 Å². The molecule has 1 N–H and O–H groups in total. The average Bonchev–Trinajstić information content (AvgIpc) is 2.93. The molecule has 0 unspecified atom stereocenters. The number of carbonyl (C=O) groups is 1. The molecule has 0 aromatic heterocycles. The minimum absolute atomic E-state index is 0.198. The molecule has 1 amide bonds. The molecule has 0 spiro atoms. The summed E-state index contributed by atoms with van der Waals surface area (Å²) in [5.41, 5.74) is 0.995. The van der Waals surface area contributed by atoms with Crippen molar-refractivity contribution in [1.82, 2.24) is 9.79 Å². The van der Waals surface area contributed by atoms with Crippen molar-refractivity contribution >= 4 is 15.9 Å². The molecule has 1 fully saturated rings. The third kappa shape index (κ3) is 3.66. The minimum atomic E-state index is -3.62. The lowest BCUT2D eigenvalue weighted by Gasteiger charge is -2.24. The van der Waals surface area contributed by atoms with Crippen molar-refractivity contribution in [2.24, 2.45) is 5.92 Å². The lowest BCUT2D eigenvalue weighted by atomic mass is 10.0. The molecule has 2 atom stereocenters. The van der Waals surface area contributed by atoms with E-state index in [1.807, 2.05) is 6.92 Å². The van der Waals surface area contributed by atoms with Crippen LogP contribution in [-0.4, -0.2) is 39.6 Å². The predicted molar refractivity (Wildman–Crippen MR) is 82.4 cm³/mol. The van der Waals surface area contributed by atoms with Gasteiger partial charge in [0, 0.05) is 13.1 Å². The molecule has 0 aliphatic heterocycles. The predicted octanol–water partition coefficient (Wildman–Crippen LogP) is 1.46. The maximum absolute atomic E-state index is 12.4. The second kappa shape index (κ2) is 6.76. The standard InChI is InChI=1S/C15H22N2O4S/c1-11-7-9-12(10-8-11)22(19,20)16-14-6-4-5-13(14)15(18)17(2)21-3/h7-10,13-14,16H,4-6H2,1-3H3/t13-,14+/m1/s1. The molecule has 1 saturated carbocycles. The van der Waals surface area contributed by atoms with Crippen molar-refractivity contribution < 1.29 is 18.0 Å². The highest BCUT2D eigenvalue weighted by Gasteiger charge is 2.37. The summed E-state index contributed by atoms with van der Waals surface area (Å²) in [5.74, 6) is -0.582. The topological polar surface area (TPSA) is 75.7 Å². The number of amides is 1. The third-order valence-corrected chi connectivity index (χ3v) is 5.56. The Kier molecular flexibility index (Phi) is 5.20. The van der Waals surface area contributed by atoms with Gasteiger partial charge >= 0.3 is 0 Å². The quantitative estimate of drug-likeness (QED) is 0.831. The third-order valence-electron chi connectivity index (χ3n) is 4.06. The molecule has 22 heavy (non-hydrogen) atoms. The van der Waals surface area contributed by atoms with Crippen molar-refractivity contribution in [1.29, 1.82) is 0 Å². The van der Waals surface area contributed by atoms with Crippen LogP contribution in [0.15, 0.2) is 29.2 Å². The first-order valence-corrected chi connectivity index (χ1v) is 8.74. The summed E-state index contributed by atoms with van der Waals surface area (Å²) >= 11 is 0. The highest BCUT2D eigenvalue weighted by Crippen LogP contribution is 2.28. The van der Waals surface area contributed by atoms with Crippen LogP contribution in [0.5, 0.6) is 0 Å². The molecule has 1 aliphatic rings. The Bertz CT molecular complexity index is 627. The first kappa shape index (κ1) is 16.9. The van der Waals surface area contributed by atoms with Gasteiger partial charge in [0.15, 0.2) is 0 Å². The zero-order chi connectivity index (χ0) is 16.3.